The lowest BCUT2D eigenvalue weighted by Gasteiger charge is -2.10. The third kappa shape index (κ3) is 0.878. The third-order valence-corrected chi connectivity index (χ3v) is 2.39. The summed E-state index contributed by atoms with van der Waals surface area (Å²) in [5.74, 6) is 1.55. The van der Waals surface area contributed by atoms with Crippen molar-refractivity contribution in [3.63, 3.8) is 0 Å². The first-order valence-corrected chi connectivity index (χ1v) is 4.03. The minimum Gasteiger partial charge on any atom is -0.385 e. The smallest absolute Gasteiger partial charge is 0.105 e. The Bertz CT molecular complexity index is 249. The first kappa shape index (κ1) is 6.58. The maximum Gasteiger partial charge on any atom is 0.105 e. The molecule has 0 aliphatic heterocycles. The molecule has 0 spiro atoms. The lowest BCUT2D eigenvalue weighted by molar-refractivity contribution is 0.692. The summed E-state index contributed by atoms with van der Waals surface area (Å²) in [6.45, 7) is 0. The van der Waals surface area contributed by atoms with Gasteiger partial charge in [0.15, 0.2) is 0 Å². The van der Waals surface area contributed by atoms with Crippen LogP contribution < -0.4 is 11.5 Å². The van der Waals surface area contributed by atoms with Gasteiger partial charge in [-0.2, -0.15) is 0 Å². The van der Waals surface area contributed by atoms with E-state index in [1.54, 1.807) is 0 Å². The number of nitrogens with two attached hydrogens (primary N) is 2. The Balaban J connectivity index is 2.52. The number of hydrogen-bond donors (Lipinski definition) is 3. The van der Waals surface area contributed by atoms with Crippen LogP contribution in [0.2, 0.25) is 0 Å². The molecule has 0 atom stereocenters. The fourth-order valence-electron chi connectivity index (χ4n) is 1.80. The monoisotopic (exact) mass is 151 g/mol. The maximum absolute atomic E-state index is 5.73. The number of H-pyrrole nitrogens is 1. The summed E-state index contributed by atoms with van der Waals surface area (Å²) in [5.41, 5.74) is 14.0. The summed E-state index contributed by atoms with van der Waals surface area (Å²) in [5, 5.41) is 0. The van der Waals surface area contributed by atoms with Gasteiger partial charge < -0.3 is 16.5 Å². The fourth-order valence-corrected chi connectivity index (χ4v) is 1.80. The van der Waals surface area contributed by atoms with Crippen molar-refractivity contribution in [2.45, 2.75) is 25.7 Å². The summed E-state index contributed by atoms with van der Waals surface area (Å²) < 4.78 is 0. The molecule has 0 aromatic carbocycles. The van der Waals surface area contributed by atoms with Crippen LogP contribution in [-0.4, -0.2) is 4.98 Å². The molecule has 11 heavy (non-hydrogen) atoms. The highest BCUT2D eigenvalue weighted by Crippen LogP contribution is 2.30. The van der Waals surface area contributed by atoms with E-state index in [1.165, 1.54) is 24.0 Å². The van der Waals surface area contributed by atoms with E-state index in [1.807, 2.05) is 0 Å². The minimum absolute atomic E-state index is 0.775. The zero-order valence-corrected chi connectivity index (χ0v) is 6.48. The topological polar surface area (TPSA) is 67.8 Å². The molecule has 5 N–H and O–H groups in total. The zero-order valence-electron chi connectivity index (χ0n) is 6.48. The van der Waals surface area contributed by atoms with Gasteiger partial charge in [-0.3, -0.25) is 0 Å². The van der Waals surface area contributed by atoms with E-state index < -0.39 is 0 Å². The summed E-state index contributed by atoms with van der Waals surface area (Å²) in [7, 11) is 0. The molecule has 0 fully saturated rings. The minimum atomic E-state index is 0.775. The van der Waals surface area contributed by atoms with Crippen LogP contribution in [0.3, 0.4) is 0 Å². The summed E-state index contributed by atoms with van der Waals surface area (Å²) in [4.78, 5) is 2.97. The molecular weight excluding hydrogens is 138 g/mol. The van der Waals surface area contributed by atoms with Crippen LogP contribution in [0.15, 0.2) is 0 Å². The molecule has 1 aliphatic carbocycles. The van der Waals surface area contributed by atoms with Crippen LogP contribution in [0, 0.1) is 0 Å². The van der Waals surface area contributed by atoms with Gasteiger partial charge in [-0.15, -0.1) is 0 Å². The van der Waals surface area contributed by atoms with E-state index in [0.717, 1.165) is 24.5 Å². The van der Waals surface area contributed by atoms with Crippen LogP contribution in [0.1, 0.15) is 24.0 Å². The van der Waals surface area contributed by atoms with E-state index in [2.05, 4.69) is 4.98 Å². The average molecular weight is 151 g/mol. The molecule has 1 aliphatic rings. The summed E-state index contributed by atoms with van der Waals surface area (Å²) in [6, 6.07) is 0. The van der Waals surface area contributed by atoms with Crippen molar-refractivity contribution in [2.75, 3.05) is 11.5 Å². The first-order chi connectivity index (χ1) is 5.29. The van der Waals surface area contributed by atoms with Gasteiger partial charge in [-0.05, 0) is 36.8 Å². The number of aromatic nitrogens is 1. The van der Waals surface area contributed by atoms with Gasteiger partial charge in [0.05, 0.1) is 0 Å². The van der Waals surface area contributed by atoms with Crippen molar-refractivity contribution in [2.24, 2.45) is 0 Å². The quantitative estimate of drug-likeness (QED) is 0.519. The molecule has 1 aromatic rings. The van der Waals surface area contributed by atoms with Crippen LogP contribution in [0.5, 0.6) is 0 Å². The number of rotatable bonds is 0. The molecule has 0 unspecified atom stereocenters. The number of aromatic amines is 1. The standard InChI is InChI=1S/C8H13N3/c9-7-5-3-1-2-4-6(5)8(10)11-7/h11H,1-4,9-10H2. The van der Waals surface area contributed by atoms with Gasteiger partial charge in [0.2, 0.25) is 0 Å². The largest absolute Gasteiger partial charge is 0.385 e. The van der Waals surface area contributed by atoms with Crippen molar-refractivity contribution in [1.29, 1.82) is 0 Å². The number of fused-ring (bicyclic) bond motifs is 1. The Kier molecular flexibility index (Phi) is 1.31. The van der Waals surface area contributed by atoms with Crippen molar-refractivity contribution in [1.82, 2.24) is 4.98 Å². The second-order valence-corrected chi connectivity index (χ2v) is 3.12. The second-order valence-electron chi connectivity index (χ2n) is 3.12. The van der Waals surface area contributed by atoms with Crippen LogP contribution >= 0.6 is 0 Å². The molecule has 0 radical (unpaired) electrons. The molecule has 0 bridgehead atoms. The molecule has 0 saturated heterocycles. The summed E-state index contributed by atoms with van der Waals surface area (Å²) in [6.07, 6.45) is 4.67. The van der Waals surface area contributed by atoms with Crippen LogP contribution in [0.4, 0.5) is 11.6 Å². The Morgan fingerprint density at radius 3 is 1.82 bits per heavy atom. The lowest BCUT2D eigenvalue weighted by atomic mass is 9.94. The SMILES string of the molecule is Nc1[nH]c(N)c2c1CCCC2. The third-order valence-electron chi connectivity index (χ3n) is 2.39. The number of hydrogen-bond acceptors (Lipinski definition) is 2. The fraction of sp³-hybridized carbons (Fsp3) is 0.500. The van der Waals surface area contributed by atoms with Crippen molar-refractivity contribution in [3.05, 3.63) is 11.1 Å². The van der Waals surface area contributed by atoms with Gasteiger partial charge in [0, 0.05) is 0 Å². The molecule has 60 valence electrons. The van der Waals surface area contributed by atoms with Crippen molar-refractivity contribution < 1.29 is 0 Å². The molecule has 1 heterocycles. The van der Waals surface area contributed by atoms with E-state index >= 15 is 0 Å². The molecule has 3 heteroatoms. The number of nitrogen functional groups attached to an aromatic ring is 2. The molecular formula is C8H13N3. The number of anilines is 2. The lowest BCUT2D eigenvalue weighted by Crippen LogP contribution is -2.02. The van der Waals surface area contributed by atoms with E-state index in [9.17, 15) is 0 Å². The Morgan fingerprint density at radius 1 is 0.909 bits per heavy atom. The maximum atomic E-state index is 5.73. The highest BCUT2D eigenvalue weighted by Gasteiger charge is 2.16. The molecule has 0 saturated carbocycles. The van der Waals surface area contributed by atoms with Gasteiger partial charge in [0.1, 0.15) is 11.6 Å². The van der Waals surface area contributed by atoms with Crippen molar-refractivity contribution in [3.8, 4) is 0 Å². The highest BCUT2D eigenvalue weighted by molar-refractivity contribution is 5.59. The van der Waals surface area contributed by atoms with E-state index in [0.29, 0.717) is 0 Å². The van der Waals surface area contributed by atoms with Crippen molar-refractivity contribution >= 4 is 11.6 Å². The van der Waals surface area contributed by atoms with Gasteiger partial charge in [-0.1, -0.05) is 0 Å². The van der Waals surface area contributed by atoms with E-state index in [-0.39, 0.29) is 0 Å². The first-order valence-electron chi connectivity index (χ1n) is 4.03. The molecule has 2 rings (SSSR count). The Morgan fingerprint density at radius 2 is 1.36 bits per heavy atom. The summed E-state index contributed by atoms with van der Waals surface area (Å²) >= 11 is 0. The predicted octanol–water partition coefficient (Wildman–Crippen LogP) is 1.06. The van der Waals surface area contributed by atoms with Crippen LogP contribution in [0.25, 0.3) is 0 Å². The number of nitrogens with one attached hydrogen (secondary N) is 1. The van der Waals surface area contributed by atoms with Gasteiger partial charge in [0.25, 0.3) is 0 Å². The van der Waals surface area contributed by atoms with Gasteiger partial charge >= 0.3 is 0 Å². The van der Waals surface area contributed by atoms with Crippen LogP contribution in [-0.2, 0) is 12.8 Å². The van der Waals surface area contributed by atoms with Gasteiger partial charge in [-0.25, -0.2) is 0 Å². The molecule has 1 aromatic heterocycles. The average Bonchev–Trinajstić information content (AvgIpc) is 2.30. The van der Waals surface area contributed by atoms with E-state index in [4.69, 9.17) is 11.5 Å². The molecule has 3 nitrogen and oxygen atoms in total. The predicted molar refractivity (Wildman–Crippen MR) is 46.3 cm³/mol. The Hall–Kier alpha value is -1.12. The molecule has 0 amide bonds. The normalized spacial score (nSPS) is 16.4. The second kappa shape index (κ2) is 2.19. The highest BCUT2D eigenvalue weighted by atomic mass is 14.9. The zero-order chi connectivity index (χ0) is 7.84. The Labute approximate surface area is 65.8 Å².